The van der Waals surface area contributed by atoms with Crippen molar-refractivity contribution in [3.63, 3.8) is 0 Å². The number of allylic oxidation sites excluding steroid dienone is 16. The van der Waals surface area contributed by atoms with Crippen LogP contribution in [0.5, 0.6) is 0 Å². The van der Waals surface area contributed by atoms with Gasteiger partial charge in [0.1, 0.15) is 0 Å². The summed E-state index contributed by atoms with van der Waals surface area (Å²) in [5.41, 5.74) is 6.00. The Morgan fingerprint density at radius 1 is 0.500 bits per heavy atom. The Hall–Kier alpha value is -3.87. The van der Waals surface area contributed by atoms with E-state index in [1.807, 2.05) is 0 Å². The van der Waals surface area contributed by atoms with Crippen molar-refractivity contribution in [2.24, 2.45) is 43.8 Å². The molecule has 0 aromatic heterocycles. The Morgan fingerprint density at radius 2 is 0.906 bits per heavy atom. The molecule has 10 rings (SSSR count). The second-order valence-corrected chi connectivity index (χ2v) is 27.3. The van der Waals surface area contributed by atoms with E-state index in [1.165, 1.54) is 22.3 Å². The zero-order valence-corrected chi connectivity index (χ0v) is 43.1. The molecule has 0 aliphatic heterocycles. The molecule has 0 spiro atoms. The summed E-state index contributed by atoms with van der Waals surface area (Å²) in [6, 6.07) is 46.5. The molecule has 2 fully saturated rings. The molecule has 0 bridgehead atoms. The first-order valence-electron chi connectivity index (χ1n) is 23.2. The van der Waals surface area contributed by atoms with Crippen LogP contribution < -0.4 is 0 Å². The van der Waals surface area contributed by atoms with Gasteiger partial charge in [-0.2, -0.15) is 0 Å². The Morgan fingerprint density at radius 3 is 1.33 bits per heavy atom. The van der Waals surface area contributed by atoms with Crippen LogP contribution in [0.2, 0.25) is 3.63 Å². The van der Waals surface area contributed by atoms with Gasteiger partial charge >= 0.3 is 383 Å². The van der Waals surface area contributed by atoms with Crippen molar-refractivity contribution in [1.29, 1.82) is 0 Å². The molecule has 64 heavy (non-hydrogen) atoms. The Labute approximate surface area is 404 Å². The molecule has 328 valence electrons. The third-order valence-corrected chi connectivity index (χ3v) is 28.8. The fourth-order valence-corrected chi connectivity index (χ4v) is 27.9. The van der Waals surface area contributed by atoms with Gasteiger partial charge in [0.2, 0.25) is 0 Å². The van der Waals surface area contributed by atoms with Crippen LogP contribution in [0.25, 0.3) is 0 Å². The van der Waals surface area contributed by atoms with Gasteiger partial charge in [0.15, 0.2) is 0 Å². The van der Waals surface area contributed by atoms with Crippen molar-refractivity contribution < 1.29 is 21.3 Å². The average Bonchev–Trinajstić information content (AvgIpc) is 3.89. The number of rotatable bonds is 8. The molecule has 4 aromatic carbocycles. The van der Waals surface area contributed by atoms with Gasteiger partial charge in [-0.3, -0.25) is 0 Å². The van der Waals surface area contributed by atoms with Crippen LogP contribution in [0.4, 0.5) is 0 Å². The minimum atomic E-state index is -3.33. The smallest absolute Gasteiger partial charge is 0.147 e. The summed E-state index contributed by atoms with van der Waals surface area (Å²) in [5, 5.41) is 0. The minimum absolute atomic E-state index is 0. The van der Waals surface area contributed by atoms with Gasteiger partial charge in [-0.05, 0) is 0 Å². The van der Waals surface area contributed by atoms with E-state index in [9.17, 15) is 0 Å². The third kappa shape index (κ3) is 5.85. The Kier molecular flexibility index (Phi) is 12.2. The molecule has 6 aliphatic rings. The minimum Gasteiger partial charge on any atom is -0.147 e. The van der Waals surface area contributed by atoms with E-state index in [2.05, 4.69) is 262 Å². The van der Waals surface area contributed by atoms with Crippen molar-refractivity contribution in [1.82, 2.24) is 0 Å². The number of hydrogen-bond acceptors (Lipinski definition) is 0. The number of hydrogen-bond donors (Lipinski definition) is 0. The first-order valence-corrected chi connectivity index (χ1v) is 27.1. The van der Waals surface area contributed by atoms with E-state index in [0.717, 1.165) is 6.42 Å². The first kappa shape index (κ1) is 46.7. The maximum atomic E-state index is 2.85. The molecule has 3 heteroatoms. The normalized spacial score (nSPS) is 34.8. The van der Waals surface area contributed by atoms with Crippen LogP contribution in [0.3, 0.4) is 0 Å². The van der Waals surface area contributed by atoms with E-state index in [0.29, 0.717) is 9.54 Å². The van der Waals surface area contributed by atoms with Crippen molar-refractivity contribution in [3.8, 4) is 0 Å². The number of halogens is 2. The van der Waals surface area contributed by atoms with Crippen molar-refractivity contribution in [2.75, 3.05) is 0 Å². The Balaban J connectivity index is 0.00000280. The molecular weight excluding hydrogens is 895 g/mol. The summed E-state index contributed by atoms with van der Waals surface area (Å²) in [5.74, 6) is 0.548. The van der Waals surface area contributed by atoms with Crippen molar-refractivity contribution in [3.05, 3.63) is 237 Å². The molecule has 9 atom stereocenters. The SMILES string of the molecule is CC1=CC=CC2[CH]([Zr]([C]3=CC=CC3)=[C](C(c3ccccc3)c3ccccc3)C(c3ccccc3)c3ccccc3)C3(C)C4(C)C=CC=CC4(C)C4(C)C=CC=CC4(C)C3(C)C12C.Cl.Cl. The fourth-order valence-electron chi connectivity index (χ4n) is 15.6. The summed E-state index contributed by atoms with van der Waals surface area (Å²) in [6.45, 7) is 21.6. The van der Waals surface area contributed by atoms with E-state index in [4.69, 9.17) is 0 Å². The van der Waals surface area contributed by atoms with E-state index in [1.54, 1.807) is 12.1 Å². The quantitative estimate of drug-likeness (QED) is 0.165. The standard InChI is InChI=1S/C29H37.C27H22.C5H5.2ClH.Zr/c1-21-14-13-15-22-20-27(6)25(4)18-10-9-16-23(25,2)24(3)17-11-12-19-26(24,5)29(27,8)28(21,22)7;1-5-13-22(14-6-1)26(23-15-7-2-8-16-23)21-27(24-17-9-3-10-18-24)25-19-11-4-12-20-25;1-2-4-5-3-1;;;/h9-20,22H,1-8H3;1-20,26-27H;1-3H,4H2;2*1H;. The second-order valence-electron chi connectivity index (χ2n) is 20.7. The molecule has 4 aromatic rings. The number of fused-ring (bicyclic) bond motifs is 8. The average molecular weight is 961 g/mol. The van der Waals surface area contributed by atoms with Gasteiger partial charge in [-0.25, -0.2) is 0 Å². The molecule has 6 aliphatic carbocycles. The van der Waals surface area contributed by atoms with Crippen LogP contribution in [0, 0.1) is 43.8 Å². The van der Waals surface area contributed by atoms with Gasteiger partial charge in [0.05, 0.1) is 0 Å². The zero-order valence-electron chi connectivity index (χ0n) is 39.0. The summed E-state index contributed by atoms with van der Waals surface area (Å²) in [7, 11) is 0. The summed E-state index contributed by atoms with van der Waals surface area (Å²) in [6.07, 6.45) is 36.5. The van der Waals surface area contributed by atoms with Crippen LogP contribution in [-0.4, -0.2) is 3.21 Å². The molecule has 0 saturated heterocycles. The van der Waals surface area contributed by atoms with Crippen LogP contribution in [0.15, 0.2) is 215 Å². The molecule has 2 saturated carbocycles. The Bertz CT molecular complexity index is 2520. The van der Waals surface area contributed by atoms with E-state index in [-0.39, 0.29) is 74.6 Å². The molecule has 0 radical (unpaired) electrons. The van der Waals surface area contributed by atoms with E-state index < -0.39 is 21.3 Å². The number of benzene rings is 4. The molecule has 0 amide bonds. The van der Waals surface area contributed by atoms with Gasteiger partial charge < -0.3 is 0 Å². The maximum absolute atomic E-state index is 3.33. The topological polar surface area (TPSA) is 0 Å². The van der Waals surface area contributed by atoms with E-state index >= 15 is 0 Å². The maximum Gasteiger partial charge on any atom is -0.147 e. The molecule has 0 N–H and O–H groups in total. The molecule has 0 heterocycles. The fraction of sp³-hybridized carbons (Fsp3) is 0.328. The van der Waals surface area contributed by atoms with Gasteiger partial charge in [-0.15, -0.1) is 24.8 Å². The predicted octanol–water partition coefficient (Wildman–Crippen LogP) is 16.4. The van der Waals surface area contributed by atoms with Crippen molar-refractivity contribution in [2.45, 2.75) is 77.3 Å². The molecule has 0 nitrogen and oxygen atoms in total. The predicted molar refractivity (Wildman–Crippen MR) is 274 cm³/mol. The zero-order chi connectivity index (χ0) is 43.2. The summed E-state index contributed by atoms with van der Waals surface area (Å²) < 4.78 is 3.94. The summed E-state index contributed by atoms with van der Waals surface area (Å²) in [4.78, 5) is 0. The van der Waals surface area contributed by atoms with Crippen LogP contribution in [0.1, 0.15) is 95.9 Å². The summed E-state index contributed by atoms with van der Waals surface area (Å²) >= 11 is -3.33. The largest absolute Gasteiger partial charge is 0.147 e. The van der Waals surface area contributed by atoms with Gasteiger partial charge in [0, 0.05) is 0 Å². The van der Waals surface area contributed by atoms with Crippen LogP contribution >= 0.6 is 24.8 Å². The van der Waals surface area contributed by atoms with Crippen LogP contribution in [-0.2, 0) is 21.3 Å². The van der Waals surface area contributed by atoms with Gasteiger partial charge in [0.25, 0.3) is 0 Å². The third-order valence-electron chi connectivity index (χ3n) is 19.4. The molecular formula is C61H66Cl2Zr. The second kappa shape index (κ2) is 16.8. The first-order chi connectivity index (χ1) is 29.8. The molecule has 9 unspecified atom stereocenters. The van der Waals surface area contributed by atoms with Crippen molar-refractivity contribution >= 4 is 28.0 Å². The monoisotopic (exact) mass is 958 g/mol. The van der Waals surface area contributed by atoms with Gasteiger partial charge in [-0.1, -0.05) is 0 Å².